The Kier molecular flexibility index (Phi) is 4.38. The minimum Gasteiger partial charge on any atom is -0.443 e. The maximum atomic E-state index is 11.8. The second-order valence-electron chi connectivity index (χ2n) is 5.86. The Morgan fingerprint density at radius 1 is 1.17 bits per heavy atom. The largest absolute Gasteiger partial charge is 0.443 e. The zero-order valence-electron chi connectivity index (χ0n) is 13.3. The Morgan fingerprint density at radius 2 is 1.78 bits per heavy atom. The highest BCUT2D eigenvalue weighted by Gasteiger charge is 2.31. The van der Waals surface area contributed by atoms with Gasteiger partial charge in [-0.05, 0) is 24.3 Å². The third-order valence-electron chi connectivity index (χ3n) is 4.39. The zero-order valence-corrected chi connectivity index (χ0v) is 13.3. The molecule has 2 heterocycles. The molecule has 0 aromatic heterocycles. The fourth-order valence-corrected chi connectivity index (χ4v) is 2.98. The van der Waals surface area contributed by atoms with Crippen molar-refractivity contribution in [3.63, 3.8) is 0 Å². The molecule has 0 unspecified atom stereocenters. The van der Waals surface area contributed by atoms with Gasteiger partial charge in [-0.3, -0.25) is 9.69 Å². The molecule has 0 aliphatic carbocycles. The number of anilines is 2. The van der Waals surface area contributed by atoms with Crippen molar-refractivity contribution in [1.29, 1.82) is 0 Å². The van der Waals surface area contributed by atoms with Gasteiger partial charge in [0.1, 0.15) is 6.10 Å². The lowest BCUT2D eigenvalue weighted by atomic mass is 10.2. The number of nitrogens with two attached hydrogens (primary N) is 1. The highest BCUT2D eigenvalue weighted by Crippen LogP contribution is 2.25. The highest BCUT2D eigenvalue weighted by atomic mass is 16.6. The van der Waals surface area contributed by atoms with Gasteiger partial charge in [0.25, 0.3) is 0 Å². The Bertz CT molecular complexity index is 581. The van der Waals surface area contributed by atoms with Gasteiger partial charge in [-0.25, -0.2) is 4.79 Å². The summed E-state index contributed by atoms with van der Waals surface area (Å²) in [5.74, 6) is 0.127. The molecule has 0 spiro atoms. The minimum absolute atomic E-state index is 0.127. The van der Waals surface area contributed by atoms with Crippen molar-refractivity contribution in [2.45, 2.75) is 13.0 Å². The van der Waals surface area contributed by atoms with Crippen LogP contribution in [0.5, 0.6) is 0 Å². The monoisotopic (exact) mass is 318 g/mol. The predicted octanol–water partition coefficient (Wildman–Crippen LogP) is 0.639. The Hall–Kier alpha value is -2.28. The molecule has 2 amide bonds. The number of amides is 2. The number of carbonyl (C=O) groups is 2. The Labute approximate surface area is 135 Å². The van der Waals surface area contributed by atoms with Crippen LogP contribution in [0, 0.1) is 0 Å². The van der Waals surface area contributed by atoms with Gasteiger partial charge in [-0.1, -0.05) is 0 Å². The fraction of sp³-hybridized carbons (Fsp3) is 0.500. The van der Waals surface area contributed by atoms with E-state index in [0.717, 1.165) is 37.6 Å². The molecular formula is C16H22N4O3. The lowest BCUT2D eigenvalue weighted by Gasteiger charge is -2.35. The molecule has 7 nitrogen and oxygen atoms in total. The molecule has 7 heteroatoms. The van der Waals surface area contributed by atoms with Gasteiger partial charge in [0.2, 0.25) is 5.91 Å². The number of cyclic esters (lactones) is 1. The van der Waals surface area contributed by atoms with E-state index < -0.39 is 0 Å². The van der Waals surface area contributed by atoms with Crippen molar-refractivity contribution in [1.82, 2.24) is 4.90 Å². The fourth-order valence-electron chi connectivity index (χ4n) is 2.98. The van der Waals surface area contributed by atoms with Crippen molar-refractivity contribution in [2.75, 3.05) is 49.1 Å². The van der Waals surface area contributed by atoms with Crippen LogP contribution in [0.15, 0.2) is 24.3 Å². The van der Waals surface area contributed by atoms with Crippen LogP contribution in [0.3, 0.4) is 0 Å². The van der Waals surface area contributed by atoms with Gasteiger partial charge in [-0.2, -0.15) is 0 Å². The third kappa shape index (κ3) is 3.24. The average molecular weight is 318 g/mol. The van der Waals surface area contributed by atoms with Crippen LogP contribution in [0.4, 0.5) is 16.2 Å². The maximum absolute atomic E-state index is 11.8. The average Bonchev–Trinajstić information content (AvgIpc) is 2.96. The molecule has 0 radical (unpaired) electrons. The molecule has 0 saturated carbocycles. The molecule has 2 saturated heterocycles. The molecule has 1 aromatic carbocycles. The van der Waals surface area contributed by atoms with Crippen LogP contribution in [-0.4, -0.2) is 62.3 Å². The van der Waals surface area contributed by atoms with E-state index in [4.69, 9.17) is 10.5 Å². The van der Waals surface area contributed by atoms with Crippen molar-refractivity contribution in [3.8, 4) is 0 Å². The molecule has 1 aromatic rings. The number of ether oxygens (including phenoxy) is 1. The number of hydrogen-bond donors (Lipinski definition) is 1. The quantitative estimate of drug-likeness (QED) is 0.885. The molecule has 23 heavy (non-hydrogen) atoms. The van der Waals surface area contributed by atoms with Gasteiger partial charge < -0.3 is 20.3 Å². The van der Waals surface area contributed by atoms with Gasteiger partial charge >= 0.3 is 6.09 Å². The summed E-state index contributed by atoms with van der Waals surface area (Å²) in [6.07, 6.45) is -0.579. The summed E-state index contributed by atoms with van der Waals surface area (Å²) in [6.45, 7) is 5.56. The van der Waals surface area contributed by atoms with Crippen molar-refractivity contribution in [3.05, 3.63) is 24.3 Å². The van der Waals surface area contributed by atoms with Crippen LogP contribution >= 0.6 is 0 Å². The van der Waals surface area contributed by atoms with Crippen molar-refractivity contribution in [2.24, 2.45) is 5.73 Å². The van der Waals surface area contributed by atoms with Crippen LogP contribution in [-0.2, 0) is 9.53 Å². The lowest BCUT2D eigenvalue weighted by Crippen LogP contribution is -2.48. The summed E-state index contributed by atoms with van der Waals surface area (Å²) < 4.78 is 5.17. The highest BCUT2D eigenvalue weighted by molar-refractivity contribution is 5.90. The number of nitrogens with zero attached hydrogens (tertiary/aromatic N) is 3. The smallest absolute Gasteiger partial charge is 0.414 e. The molecule has 1 atom stereocenters. The van der Waals surface area contributed by atoms with E-state index in [9.17, 15) is 9.59 Å². The second-order valence-corrected chi connectivity index (χ2v) is 5.86. The van der Waals surface area contributed by atoms with Crippen molar-refractivity contribution >= 4 is 23.4 Å². The predicted molar refractivity (Wildman–Crippen MR) is 87.6 cm³/mol. The maximum Gasteiger partial charge on any atom is 0.414 e. The van der Waals surface area contributed by atoms with E-state index in [2.05, 4.69) is 4.90 Å². The number of hydrogen-bond acceptors (Lipinski definition) is 5. The standard InChI is InChI=1S/C16H22N4O3/c1-12(21)18-6-8-19(9-7-18)13-2-4-14(5-3-13)20-11-15(10-17)23-16(20)22/h2-5,15H,6-11,17H2,1H3/t15-/m0/s1. The number of piperazine rings is 1. The molecular weight excluding hydrogens is 296 g/mol. The topological polar surface area (TPSA) is 79.1 Å². The van der Waals surface area contributed by atoms with Gasteiger partial charge in [0, 0.05) is 51.0 Å². The first-order valence-electron chi connectivity index (χ1n) is 7.87. The molecule has 2 N–H and O–H groups in total. The summed E-state index contributed by atoms with van der Waals surface area (Å²) in [6, 6.07) is 7.85. The van der Waals surface area contributed by atoms with E-state index >= 15 is 0 Å². The van der Waals surface area contributed by atoms with E-state index in [1.165, 1.54) is 0 Å². The second kappa shape index (κ2) is 6.45. The Morgan fingerprint density at radius 3 is 2.30 bits per heavy atom. The summed E-state index contributed by atoms with van der Waals surface area (Å²) >= 11 is 0. The molecule has 0 bridgehead atoms. The van der Waals surface area contributed by atoms with Crippen LogP contribution in [0.2, 0.25) is 0 Å². The number of carbonyl (C=O) groups excluding carboxylic acids is 2. The number of rotatable bonds is 3. The third-order valence-corrected chi connectivity index (χ3v) is 4.39. The van der Waals surface area contributed by atoms with E-state index in [0.29, 0.717) is 13.1 Å². The number of benzene rings is 1. The summed E-state index contributed by atoms with van der Waals surface area (Å²) in [7, 11) is 0. The Balaban J connectivity index is 1.64. The molecule has 2 aliphatic heterocycles. The summed E-state index contributed by atoms with van der Waals surface area (Å²) in [4.78, 5) is 28.9. The summed E-state index contributed by atoms with van der Waals surface area (Å²) in [5, 5.41) is 0. The van der Waals surface area contributed by atoms with Crippen LogP contribution < -0.4 is 15.5 Å². The van der Waals surface area contributed by atoms with Gasteiger partial charge in [-0.15, -0.1) is 0 Å². The van der Waals surface area contributed by atoms with Gasteiger partial charge in [0.15, 0.2) is 0 Å². The molecule has 3 rings (SSSR count). The normalized spacial score (nSPS) is 21.6. The van der Waals surface area contributed by atoms with Crippen molar-refractivity contribution < 1.29 is 14.3 Å². The van der Waals surface area contributed by atoms with E-state index in [1.54, 1.807) is 11.8 Å². The summed E-state index contributed by atoms with van der Waals surface area (Å²) in [5.41, 5.74) is 7.47. The lowest BCUT2D eigenvalue weighted by molar-refractivity contribution is -0.129. The van der Waals surface area contributed by atoms with E-state index in [-0.39, 0.29) is 18.1 Å². The first-order chi connectivity index (χ1) is 11.1. The first kappa shape index (κ1) is 15.6. The zero-order chi connectivity index (χ0) is 16.4. The van der Waals surface area contributed by atoms with Crippen LogP contribution in [0.25, 0.3) is 0 Å². The first-order valence-corrected chi connectivity index (χ1v) is 7.87. The molecule has 124 valence electrons. The molecule has 2 fully saturated rings. The van der Waals surface area contributed by atoms with Crippen LogP contribution in [0.1, 0.15) is 6.92 Å². The SMILES string of the molecule is CC(=O)N1CCN(c2ccc(N3C[C@H](CN)OC3=O)cc2)CC1. The molecule has 2 aliphatic rings. The van der Waals surface area contributed by atoms with Gasteiger partial charge in [0.05, 0.1) is 6.54 Å². The minimum atomic E-state index is -0.344. The van der Waals surface area contributed by atoms with E-state index in [1.807, 2.05) is 29.2 Å².